The number of esters is 1. The summed E-state index contributed by atoms with van der Waals surface area (Å²) in [7, 11) is 1.62. The molecule has 2 heterocycles. The molecule has 7 nitrogen and oxygen atoms in total. The molecule has 0 radical (unpaired) electrons. The van der Waals surface area contributed by atoms with E-state index in [0.717, 1.165) is 11.3 Å². The molecule has 0 saturated carbocycles. The zero-order chi connectivity index (χ0) is 20.4. The Labute approximate surface area is 164 Å². The van der Waals surface area contributed by atoms with Gasteiger partial charge in [0.2, 0.25) is 0 Å². The van der Waals surface area contributed by atoms with Crippen LogP contribution in [0.4, 0.5) is 0 Å². The average molecular weight is 389 g/mol. The van der Waals surface area contributed by atoms with Gasteiger partial charge in [0.05, 0.1) is 32.5 Å². The Morgan fingerprint density at radius 1 is 1.21 bits per heavy atom. The Hall–Kier alpha value is -2.38. The minimum Gasteiger partial charge on any atom is -0.497 e. The third-order valence-electron chi connectivity index (χ3n) is 4.66. The SMILES string of the molecule is CCOC(=O)c1noc(Cc2cccc(OC)c2)c1C1(C)OCC(C)(C)CO1. The molecule has 28 heavy (non-hydrogen) atoms. The average Bonchev–Trinajstić information content (AvgIpc) is 3.09. The second kappa shape index (κ2) is 7.93. The van der Waals surface area contributed by atoms with Crippen LogP contribution in [0, 0.1) is 5.41 Å². The second-order valence-electron chi connectivity index (χ2n) is 7.77. The molecule has 0 bridgehead atoms. The molecule has 0 spiro atoms. The van der Waals surface area contributed by atoms with Crippen molar-refractivity contribution in [3.63, 3.8) is 0 Å². The van der Waals surface area contributed by atoms with E-state index in [1.54, 1.807) is 21.0 Å². The van der Waals surface area contributed by atoms with Crippen LogP contribution >= 0.6 is 0 Å². The summed E-state index contributed by atoms with van der Waals surface area (Å²) in [5.74, 6) is -0.469. The highest BCUT2D eigenvalue weighted by Gasteiger charge is 2.44. The van der Waals surface area contributed by atoms with Crippen LogP contribution in [-0.4, -0.2) is 38.1 Å². The first-order chi connectivity index (χ1) is 13.3. The van der Waals surface area contributed by atoms with Crippen molar-refractivity contribution in [3.8, 4) is 5.75 Å². The van der Waals surface area contributed by atoms with Crippen molar-refractivity contribution in [1.29, 1.82) is 0 Å². The van der Waals surface area contributed by atoms with Crippen molar-refractivity contribution < 1.29 is 28.3 Å². The summed E-state index contributed by atoms with van der Waals surface area (Å²) in [6, 6.07) is 7.62. The first-order valence-electron chi connectivity index (χ1n) is 9.35. The lowest BCUT2D eigenvalue weighted by Gasteiger charge is -2.41. The van der Waals surface area contributed by atoms with Crippen LogP contribution in [0.25, 0.3) is 0 Å². The van der Waals surface area contributed by atoms with Gasteiger partial charge in [-0.15, -0.1) is 0 Å². The van der Waals surface area contributed by atoms with Crippen molar-refractivity contribution in [2.45, 2.75) is 39.9 Å². The van der Waals surface area contributed by atoms with Crippen molar-refractivity contribution in [2.75, 3.05) is 26.9 Å². The maximum atomic E-state index is 12.5. The van der Waals surface area contributed by atoms with E-state index in [9.17, 15) is 4.79 Å². The molecule has 1 aliphatic heterocycles. The molecule has 1 fully saturated rings. The van der Waals surface area contributed by atoms with Crippen LogP contribution in [0.1, 0.15) is 55.1 Å². The minimum atomic E-state index is -1.15. The molecule has 0 atom stereocenters. The van der Waals surface area contributed by atoms with Crippen molar-refractivity contribution >= 4 is 5.97 Å². The molecular weight excluding hydrogens is 362 g/mol. The highest BCUT2D eigenvalue weighted by atomic mass is 16.7. The van der Waals surface area contributed by atoms with Crippen LogP contribution in [-0.2, 0) is 26.4 Å². The molecule has 1 saturated heterocycles. The Morgan fingerprint density at radius 3 is 2.57 bits per heavy atom. The van der Waals surface area contributed by atoms with E-state index in [2.05, 4.69) is 19.0 Å². The van der Waals surface area contributed by atoms with Crippen molar-refractivity contribution in [3.05, 3.63) is 46.8 Å². The Morgan fingerprint density at radius 2 is 1.93 bits per heavy atom. The maximum absolute atomic E-state index is 12.5. The van der Waals surface area contributed by atoms with Gasteiger partial charge in [0, 0.05) is 11.8 Å². The summed E-state index contributed by atoms with van der Waals surface area (Å²) in [5, 5.41) is 3.99. The van der Waals surface area contributed by atoms with E-state index in [-0.39, 0.29) is 17.7 Å². The first-order valence-corrected chi connectivity index (χ1v) is 9.35. The van der Waals surface area contributed by atoms with E-state index in [0.29, 0.717) is 31.0 Å². The number of ether oxygens (including phenoxy) is 4. The molecule has 3 rings (SSSR count). The summed E-state index contributed by atoms with van der Waals surface area (Å²) < 4.78 is 28.1. The minimum absolute atomic E-state index is 0.0851. The van der Waals surface area contributed by atoms with E-state index < -0.39 is 11.8 Å². The fraction of sp³-hybridized carbons (Fsp3) is 0.524. The molecule has 1 aromatic carbocycles. The quantitative estimate of drug-likeness (QED) is 0.697. The Kier molecular flexibility index (Phi) is 5.76. The molecule has 152 valence electrons. The van der Waals surface area contributed by atoms with E-state index in [1.807, 2.05) is 24.3 Å². The summed E-state index contributed by atoms with van der Waals surface area (Å²) in [6.45, 7) is 8.85. The predicted molar refractivity (Wildman–Crippen MR) is 101 cm³/mol. The lowest BCUT2D eigenvalue weighted by molar-refractivity contribution is -0.298. The number of rotatable bonds is 6. The molecule has 1 aliphatic rings. The standard InChI is InChI=1S/C21H27NO6/c1-6-25-19(23)18-17(21(4)26-12-20(2,3)13-27-21)16(28-22-18)11-14-8-7-9-15(10-14)24-5/h7-10H,6,11-13H2,1-5H3. The first kappa shape index (κ1) is 20.4. The number of nitrogens with zero attached hydrogens (tertiary/aromatic N) is 1. The number of carbonyl (C=O) groups is 1. The van der Waals surface area contributed by atoms with Gasteiger partial charge in [0.15, 0.2) is 17.2 Å². The van der Waals surface area contributed by atoms with Gasteiger partial charge in [-0.25, -0.2) is 4.79 Å². The predicted octanol–water partition coefficient (Wildman–Crippen LogP) is 3.70. The number of aromatic nitrogens is 1. The third kappa shape index (κ3) is 4.20. The Bertz CT molecular complexity index is 831. The largest absolute Gasteiger partial charge is 0.497 e. The van der Waals surface area contributed by atoms with E-state index >= 15 is 0 Å². The lowest BCUT2D eigenvalue weighted by Crippen LogP contribution is -2.44. The van der Waals surface area contributed by atoms with Gasteiger partial charge >= 0.3 is 5.97 Å². The number of benzene rings is 1. The molecule has 0 unspecified atom stereocenters. The highest BCUT2D eigenvalue weighted by Crippen LogP contribution is 2.40. The van der Waals surface area contributed by atoms with E-state index in [1.165, 1.54) is 0 Å². The maximum Gasteiger partial charge on any atom is 0.361 e. The molecule has 0 aliphatic carbocycles. The molecule has 1 aromatic heterocycles. The normalized spacial score (nSPS) is 17.9. The van der Waals surface area contributed by atoms with E-state index in [4.69, 9.17) is 23.5 Å². The van der Waals surface area contributed by atoms with Gasteiger partial charge in [-0.3, -0.25) is 0 Å². The lowest BCUT2D eigenvalue weighted by atomic mass is 9.92. The molecule has 7 heteroatoms. The number of hydrogen-bond donors (Lipinski definition) is 0. The van der Waals surface area contributed by atoms with Gasteiger partial charge in [0.1, 0.15) is 5.75 Å². The zero-order valence-electron chi connectivity index (χ0n) is 17.0. The van der Waals surface area contributed by atoms with Crippen LogP contribution in [0.15, 0.2) is 28.8 Å². The molecular formula is C21H27NO6. The van der Waals surface area contributed by atoms with Gasteiger partial charge in [0.25, 0.3) is 0 Å². The summed E-state index contributed by atoms with van der Waals surface area (Å²) in [5.41, 5.74) is 1.39. The molecule has 2 aromatic rings. The van der Waals surface area contributed by atoms with Crippen LogP contribution in [0.2, 0.25) is 0 Å². The number of carbonyl (C=O) groups excluding carboxylic acids is 1. The van der Waals surface area contributed by atoms with Crippen molar-refractivity contribution in [1.82, 2.24) is 5.16 Å². The van der Waals surface area contributed by atoms with Crippen molar-refractivity contribution in [2.24, 2.45) is 5.41 Å². The Balaban J connectivity index is 1.99. The molecule has 0 N–H and O–H groups in total. The van der Waals surface area contributed by atoms with Gasteiger partial charge in [-0.05, 0) is 31.5 Å². The summed E-state index contributed by atoms with van der Waals surface area (Å²) >= 11 is 0. The van der Waals surface area contributed by atoms with Crippen LogP contribution < -0.4 is 4.74 Å². The topological polar surface area (TPSA) is 80.0 Å². The summed E-state index contributed by atoms with van der Waals surface area (Å²) in [6.07, 6.45) is 0.407. The van der Waals surface area contributed by atoms with Crippen LogP contribution in [0.3, 0.4) is 0 Å². The fourth-order valence-electron chi connectivity index (χ4n) is 3.11. The summed E-state index contributed by atoms with van der Waals surface area (Å²) in [4.78, 5) is 12.5. The number of hydrogen-bond acceptors (Lipinski definition) is 7. The second-order valence-corrected chi connectivity index (χ2v) is 7.77. The third-order valence-corrected chi connectivity index (χ3v) is 4.66. The van der Waals surface area contributed by atoms with Gasteiger partial charge in [-0.1, -0.05) is 31.1 Å². The smallest absolute Gasteiger partial charge is 0.361 e. The molecule has 0 amide bonds. The monoisotopic (exact) mass is 389 g/mol. The van der Waals surface area contributed by atoms with Gasteiger partial charge < -0.3 is 23.5 Å². The fourth-order valence-corrected chi connectivity index (χ4v) is 3.11. The number of methoxy groups -OCH3 is 1. The van der Waals surface area contributed by atoms with Gasteiger partial charge in [-0.2, -0.15) is 0 Å². The zero-order valence-corrected chi connectivity index (χ0v) is 17.0. The highest BCUT2D eigenvalue weighted by molar-refractivity contribution is 5.89. The van der Waals surface area contributed by atoms with Crippen LogP contribution in [0.5, 0.6) is 5.75 Å².